The number of carbonyl (C=O) groups is 1. The van der Waals surface area contributed by atoms with E-state index in [1.807, 2.05) is 11.3 Å². The van der Waals surface area contributed by atoms with Gasteiger partial charge in [0.15, 0.2) is 0 Å². The van der Waals surface area contributed by atoms with Crippen LogP contribution in [-0.2, 0) is 4.79 Å². The van der Waals surface area contributed by atoms with Crippen molar-refractivity contribution in [1.82, 2.24) is 5.32 Å². The SMILES string of the molecule is C[C@H](NC(=O)C1CCCCC1)[C@@H](c1cccs1)[NH+]1CC[NH+](C)CC1. The minimum Gasteiger partial charge on any atom is -0.347 e. The van der Waals surface area contributed by atoms with Crippen LogP contribution < -0.4 is 15.1 Å². The summed E-state index contributed by atoms with van der Waals surface area (Å²) in [4.78, 5) is 17.4. The van der Waals surface area contributed by atoms with Crippen LogP contribution in [0.3, 0.4) is 0 Å². The molecule has 1 aromatic rings. The van der Waals surface area contributed by atoms with Crippen molar-refractivity contribution in [2.75, 3.05) is 33.2 Å². The quantitative estimate of drug-likeness (QED) is 0.701. The third-order valence-corrected chi connectivity index (χ3v) is 6.84. The van der Waals surface area contributed by atoms with Gasteiger partial charge in [0.2, 0.25) is 5.91 Å². The number of hydrogen-bond acceptors (Lipinski definition) is 2. The Bertz CT molecular complexity index is 505. The third-order valence-electron chi connectivity index (χ3n) is 5.88. The lowest BCUT2D eigenvalue weighted by molar-refractivity contribution is -1.02. The van der Waals surface area contributed by atoms with Crippen molar-refractivity contribution < 1.29 is 14.6 Å². The average Bonchev–Trinajstić information content (AvgIpc) is 3.11. The molecule has 0 spiro atoms. The molecule has 24 heavy (non-hydrogen) atoms. The summed E-state index contributed by atoms with van der Waals surface area (Å²) in [5.74, 6) is 0.542. The molecule has 1 saturated heterocycles. The smallest absolute Gasteiger partial charge is 0.223 e. The monoisotopic (exact) mass is 351 g/mol. The topological polar surface area (TPSA) is 38.0 Å². The van der Waals surface area contributed by atoms with Gasteiger partial charge < -0.3 is 15.1 Å². The lowest BCUT2D eigenvalue weighted by atomic mass is 9.88. The van der Waals surface area contributed by atoms with Gasteiger partial charge in [0.05, 0.1) is 18.0 Å². The molecule has 5 heteroatoms. The molecule has 3 N–H and O–H groups in total. The summed E-state index contributed by atoms with van der Waals surface area (Å²) in [6.45, 7) is 7.04. The Morgan fingerprint density at radius 2 is 1.92 bits per heavy atom. The molecule has 0 unspecified atom stereocenters. The molecular formula is C19H33N3OS+2. The molecule has 2 atom stereocenters. The largest absolute Gasteiger partial charge is 0.347 e. The summed E-state index contributed by atoms with van der Waals surface area (Å²) in [5, 5.41) is 5.55. The summed E-state index contributed by atoms with van der Waals surface area (Å²) in [6.07, 6.45) is 5.88. The Labute approximate surface area is 150 Å². The molecule has 1 saturated carbocycles. The number of quaternary nitrogens is 2. The van der Waals surface area contributed by atoms with Crippen molar-refractivity contribution >= 4 is 17.2 Å². The normalized spacial score (nSPS) is 28.2. The number of likely N-dealkylation sites (N-methyl/N-ethyl adjacent to an activating group) is 1. The fourth-order valence-electron chi connectivity index (χ4n) is 4.37. The summed E-state index contributed by atoms with van der Waals surface area (Å²) < 4.78 is 0. The maximum atomic E-state index is 12.7. The summed E-state index contributed by atoms with van der Waals surface area (Å²) >= 11 is 1.84. The second kappa shape index (κ2) is 8.45. The molecule has 1 aromatic heterocycles. The van der Waals surface area contributed by atoms with Crippen molar-refractivity contribution in [2.24, 2.45) is 5.92 Å². The van der Waals surface area contributed by atoms with E-state index >= 15 is 0 Å². The molecule has 3 rings (SSSR count). The molecule has 134 valence electrons. The lowest BCUT2D eigenvalue weighted by Gasteiger charge is -2.36. The highest BCUT2D eigenvalue weighted by Gasteiger charge is 2.35. The van der Waals surface area contributed by atoms with Crippen molar-refractivity contribution in [3.05, 3.63) is 22.4 Å². The van der Waals surface area contributed by atoms with Gasteiger partial charge in [-0.1, -0.05) is 25.3 Å². The number of nitrogens with one attached hydrogen (secondary N) is 3. The van der Waals surface area contributed by atoms with E-state index in [2.05, 4.69) is 36.8 Å². The zero-order valence-corrected chi connectivity index (χ0v) is 16.0. The maximum absolute atomic E-state index is 12.7. The summed E-state index contributed by atoms with van der Waals surface area (Å²) in [6, 6.07) is 4.98. The Kier molecular flexibility index (Phi) is 6.31. The fraction of sp³-hybridized carbons (Fsp3) is 0.737. The molecule has 2 fully saturated rings. The van der Waals surface area contributed by atoms with Gasteiger partial charge in [0.1, 0.15) is 32.2 Å². The second-order valence-electron chi connectivity index (χ2n) is 7.74. The van der Waals surface area contributed by atoms with Crippen LogP contribution in [0.4, 0.5) is 0 Å². The van der Waals surface area contributed by atoms with Crippen molar-refractivity contribution in [3.63, 3.8) is 0 Å². The number of carbonyl (C=O) groups excluding carboxylic acids is 1. The Morgan fingerprint density at radius 3 is 2.54 bits per heavy atom. The molecule has 0 radical (unpaired) electrons. The van der Waals surface area contributed by atoms with Crippen LogP contribution in [-0.4, -0.2) is 45.2 Å². The zero-order valence-electron chi connectivity index (χ0n) is 15.1. The minimum absolute atomic E-state index is 0.200. The van der Waals surface area contributed by atoms with Gasteiger partial charge in [-0.25, -0.2) is 0 Å². The van der Waals surface area contributed by atoms with Crippen LogP contribution in [0.1, 0.15) is 49.9 Å². The third kappa shape index (κ3) is 4.38. The molecule has 0 aromatic carbocycles. The van der Waals surface area contributed by atoms with Gasteiger partial charge >= 0.3 is 0 Å². The first-order valence-corrected chi connectivity index (χ1v) is 10.5. The highest BCUT2D eigenvalue weighted by Crippen LogP contribution is 2.25. The van der Waals surface area contributed by atoms with E-state index in [-0.39, 0.29) is 12.0 Å². The highest BCUT2D eigenvalue weighted by molar-refractivity contribution is 7.10. The number of thiophene rings is 1. The first kappa shape index (κ1) is 17.9. The molecular weight excluding hydrogens is 318 g/mol. The highest BCUT2D eigenvalue weighted by atomic mass is 32.1. The summed E-state index contributed by atoms with van der Waals surface area (Å²) in [7, 11) is 2.28. The van der Waals surface area contributed by atoms with E-state index < -0.39 is 0 Å². The van der Waals surface area contributed by atoms with E-state index in [0.29, 0.717) is 11.9 Å². The van der Waals surface area contributed by atoms with Crippen LogP contribution in [0.15, 0.2) is 17.5 Å². The molecule has 2 aliphatic rings. The maximum Gasteiger partial charge on any atom is 0.223 e. The first-order valence-electron chi connectivity index (χ1n) is 9.65. The van der Waals surface area contributed by atoms with Gasteiger partial charge in [-0.2, -0.15) is 0 Å². The number of rotatable bonds is 5. The van der Waals surface area contributed by atoms with Crippen LogP contribution in [0.2, 0.25) is 0 Å². The molecule has 1 aliphatic carbocycles. The molecule has 0 bridgehead atoms. The van der Waals surface area contributed by atoms with E-state index in [1.54, 1.807) is 9.80 Å². The van der Waals surface area contributed by atoms with Gasteiger partial charge in [-0.15, -0.1) is 11.3 Å². The van der Waals surface area contributed by atoms with Crippen LogP contribution >= 0.6 is 11.3 Å². The van der Waals surface area contributed by atoms with Crippen molar-refractivity contribution in [2.45, 2.75) is 51.1 Å². The van der Waals surface area contributed by atoms with Crippen LogP contribution in [0, 0.1) is 5.92 Å². The molecule has 4 nitrogen and oxygen atoms in total. The van der Waals surface area contributed by atoms with Crippen molar-refractivity contribution in [1.29, 1.82) is 0 Å². The van der Waals surface area contributed by atoms with Crippen LogP contribution in [0.5, 0.6) is 0 Å². The van der Waals surface area contributed by atoms with E-state index in [4.69, 9.17) is 0 Å². The predicted molar refractivity (Wildman–Crippen MR) is 98.6 cm³/mol. The van der Waals surface area contributed by atoms with Gasteiger partial charge in [-0.3, -0.25) is 4.79 Å². The van der Waals surface area contributed by atoms with Gasteiger partial charge in [0, 0.05) is 5.92 Å². The molecule has 1 amide bonds. The average molecular weight is 352 g/mol. The first-order chi connectivity index (χ1) is 11.6. The molecule has 2 heterocycles. The van der Waals surface area contributed by atoms with E-state index in [9.17, 15) is 4.79 Å². The van der Waals surface area contributed by atoms with Gasteiger partial charge in [-0.05, 0) is 31.2 Å². The standard InChI is InChI=1S/C19H31N3OS/c1-15(20-19(23)16-7-4-3-5-8-16)18(17-9-6-14-24-17)22-12-10-21(2)11-13-22/h6,9,14-16,18H,3-5,7-8,10-13H2,1-2H3,(H,20,23)/p+2/t15-,18-/m0/s1. The number of hydrogen-bond donors (Lipinski definition) is 3. The zero-order chi connectivity index (χ0) is 16.9. The fourth-order valence-corrected chi connectivity index (χ4v) is 5.36. The molecule has 1 aliphatic heterocycles. The summed E-state index contributed by atoms with van der Waals surface area (Å²) in [5.41, 5.74) is 0. The van der Waals surface area contributed by atoms with Crippen molar-refractivity contribution in [3.8, 4) is 0 Å². The Morgan fingerprint density at radius 1 is 1.21 bits per heavy atom. The van der Waals surface area contributed by atoms with Gasteiger partial charge in [0.25, 0.3) is 0 Å². The van der Waals surface area contributed by atoms with E-state index in [0.717, 1.165) is 12.8 Å². The van der Waals surface area contributed by atoms with E-state index in [1.165, 1.54) is 50.3 Å². The predicted octanol–water partition coefficient (Wildman–Crippen LogP) is 0.287. The van der Waals surface area contributed by atoms with Crippen LogP contribution in [0.25, 0.3) is 0 Å². The number of amides is 1. The minimum atomic E-state index is 0.200. The second-order valence-corrected chi connectivity index (χ2v) is 8.72. The Hall–Kier alpha value is -0.910. The Balaban J connectivity index is 1.66. The number of piperazine rings is 1. The lowest BCUT2D eigenvalue weighted by Crippen LogP contribution is -3.27.